The third-order valence-corrected chi connectivity index (χ3v) is 4.97. The molecule has 32 heavy (non-hydrogen) atoms. The van der Waals surface area contributed by atoms with E-state index < -0.39 is 5.72 Å². The van der Waals surface area contributed by atoms with Crippen molar-refractivity contribution in [2.75, 3.05) is 13.2 Å². The number of ketones is 1. The Bertz CT molecular complexity index is 1100. The van der Waals surface area contributed by atoms with Crippen LogP contribution in [-0.2, 0) is 5.72 Å². The predicted octanol–water partition coefficient (Wildman–Crippen LogP) is 3.10. The van der Waals surface area contributed by atoms with Gasteiger partial charge >= 0.3 is 0 Å². The smallest absolute Gasteiger partial charge is 0.257 e. The molecule has 3 N–H and O–H groups in total. The molecule has 0 amide bonds. The molecule has 3 aromatic rings. The lowest BCUT2D eigenvalue weighted by molar-refractivity contribution is -0.0154. The maximum Gasteiger partial charge on any atom is 0.257 e. The van der Waals surface area contributed by atoms with Crippen LogP contribution in [0.25, 0.3) is 6.08 Å². The highest BCUT2D eigenvalue weighted by molar-refractivity contribution is 6.09. The molecule has 2 heterocycles. The van der Waals surface area contributed by atoms with Crippen LogP contribution in [0.1, 0.15) is 42.0 Å². The molecule has 1 aliphatic rings. The first-order chi connectivity index (χ1) is 15.4. The minimum atomic E-state index is -1.45. The maximum atomic E-state index is 12.9. The van der Waals surface area contributed by atoms with Gasteiger partial charge in [0.2, 0.25) is 5.82 Å². The number of nitrogens with two attached hydrogens (primary N) is 1. The molecular weight excluding hydrogens is 410 g/mol. The summed E-state index contributed by atoms with van der Waals surface area (Å²) >= 11 is 0. The Balaban J connectivity index is 1.47. The Kier molecular flexibility index (Phi) is 6.18. The second kappa shape index (κ2) is 9.19. The number of tetrazole rings is 1. The maximum absolute atomic E-state index is 12.9. The molecule has 0 radical (unpaired) electrons. The summed E-state index contributed by atoms with van der Waals surface area (Å²) in [4.78, 5) is 12.9. The summed E-state index contributed by atoms with van der Waals surface area (Å²) in [5, 5.41) is 13.6. The van der Waals surface area contributed by atoms with Crippen LogP contribution in [0.2, 0.25) is 0 Å². The molecule has 1 atom stereocenters. The van der Waals surface area contributed by atoms with Crippen molar-refractivity contribution < 1.29 is 19.0 Å². The lowest BCUT2D eigenvalue weighted by Crippen LogP contribution is -2.51. The largest absolute Gasteiger partial charge is 0.494 e. The van der Waals surface area contributed by atoms with Crippen molar-refractivity contribution in [2.45, 2.75) is 26.0 Å². The Labute approximate surface area is 185 Å². The van der Waals surface area contributed by atoms with Crippen LogP contribution in [0.15, 0.2) is 48.5 Å². The Morgan fingerprint density at radius 3 is 2.81 bits per heavy atom. The molecule has 9 heteroatoms. The van der Waals surface area contributed by atoms with Crippen LogP contribution in [0.3, 0.4) is 0 Å². The predicted molar refractivity (Wildman–Crippen MR) is 117 cm³/mol. The zero-order valence-corrected chi connectivity index (χ0v) is 17.9. The van der Waals surface area contributed by atoms with Gasteiger partial charge < -0.3 is 14.2 Å². The Hall–Kier alpha value is -3.72. The summed E-state index contributed by atoms with van der Waals surface area (Å²) in [6, 6.07) is 12.7. The summed E-state index contributed by atoms with van der Waals surface area (Å²) in [5.41, 5.74) is 6.01. The van der Waals surface area contributed by atoms with E-state index in [9.17, 15) is 4.79 Å². The van der Waals surface area contributed by atoms with Gasteiger partial charge in [0.15, 0.2) is 17.3 Å². The van der Waals surface area contributed by atoms with E-state index in [1.165, 1.54) is 6.08 Å². The number of allylic oxidation sites excluding steroid dienone is 1. The molecule has 0 fully saturated rings. The van der Waals surface area contributed by atoms with Crippen molar-refractivity contribution in [3.63, 3.8) is 0 Å². The van der Waals surface area contributed by atoms with Crippen LogP contribution < -0.4 is 19.9 Å². The second-order valence-electron chi connectivity index (χ2n) is 7.95. The van der Waals surface area contributed by atoms with E-state index in [0.29, 0.717) is 23.8 Å². The number of nitrogens with one attached hydrogen (secondary N) is 1. The molecular formula is C23H25N5O4. The van der Waals surface area contributed by atoms with Gasteiger partial charge in [-0.25, -0.2) is 0 Å². The standard InChI is InChI=1S/C23H25N5O4/c1-15(2)12-13-30-17-9-6-16(7-10-17)8-11-19(29)18-4-3-5-20-21(18)32-23(24,14-31-20)22-25-27-28-26-22/h3-11,15H,12-14,24H2,1-2H3,(H,25,26,27,28). The highest BCUT2D eigenvalue weighted by Crippen LogP contribution is 2.39. The number of hydrogen-bond acceptors (Lipinski definition) is 8. The van der Waals surface area contributed by atoms with Gasteiger partial charge in [-0.05, 0) is 53.5 Å². The SMILES string of the molecule is CC(C)CCOc1ccc(C=CC(=O)c2cccc3c2OC(N)(c2nn[nH]n2)CO3)cc1. The fourth-order valence-electron chi connectivity index (χ4n) is 3.13. The highest BCUT2D eigenvalue weighted by Gasteiger charge is 2.41. The molecule has 0 bridgehead atoms. The van der Waals surface area contributed by atoms with Crippen LogP contribution in [-0.4, -0.2) is 39.6 Å². The summed E-state index contributed by atoms with van der Waals surface area (Å²) in [5.74, 6) is 1.96. The van der Waals surface area contributed by atoms with Crippen LogP contribution in [0.5, 0.6) is 17.2 Å². The van der Waals surface area contributed by atoms with E-state index in [4.69, 9.17) is 19.9 Å². The van der Waals surface area contributed by atoms with E-state index >= 15 is 0 Å². The molecule has 166 valence electrons. The third kappa shape index (κ3) is 4.78. The van der Waals surface area contributed by atoms with Crippen molar-refractivity contribution in [2.24, 2.45) is 11.7 Å². The lowest BCUT2D eigenvalue weighted by atomic mass is 10.1. The third-order valence-electron chi connectivity index (χ3n) is 4.97. The number of aromatic amines is 1. The van der Waals surface area contributed by atoms with Gasteiger partial charge in [0.05, 0.1) is 12.2 Å². The van der Waals surface area contributed by atoms with Gasteiger partial charge in [0.1, 0.15) is 12.4 Å². The van der Waals surface area contributed by atoms with Crippen molar-refractivity contribution in [3.05, 3.63) is 65.5 Å². The van der Waals surface area contributed by atoms with E-state index in [1.54, 1.807) is 24.3 Å². The molecule has 0 spiro atoms. The molecule has 0 saturated heterocycles. The summed E-state index contributed by atoms with van der Waals surface area (Å²) < 4.78 is 17.4. The van der Waals surface area contributed by atoms with Gasteiger partial charge in [-0.1, -0.05) is 38.1 Å². The minimum Gasteiger partial charge on any atom is -0.494 e. The summed E-state index contributed by atoms with van der Waals surface area (Å²) in [7, 11) is 0. The van der Waals surface area contributed by atoms with Crippen molar-refractivity contribution in [1.82, 2.24) is 20.6 Å². The first-order valence-electron chi connectivity index (χ1n) is 10.4. The number of H-pyrrole nitrogens is 1. The first kappa shape index (κ1) is 21.5. The Morgan fingerprint density at radius 2 is 2.09 bits per heavy atom. The zero-order chi connectivity index (χ0) is 22.6. The normalized spacial score (nSPS) is 17.6. The fraction of sp³-hybridized carbons (Fsp3) is 0.304. The van der Waals surface area contributed by atoms with E-state index in [2.05, 4.69) is 34.5 Å². The number of fused-ring (bicyclic) bond motifs is 1. The summed E-state index contributed by atoms with van der Waals surface area (Å²) in [6.07, 6.45) is 4.22. The van der Waals surface area contributed by atoms with Crippen molar-refractivity contribution >= 4 is 11.9 Å². The molecule has 9 nitrogen and oxygen atoms in total. The molecule has 0 saturated carbocycles. The Morgan fingerprint density at radius 1 is 1.28 bits per heavy atom. The average molecular weight is 435 g/mol. The van der Waals surface area contributed by atoms with Crippen LogP contribution >= 0.6 is 0 Å². The summed E-state index contributed by atoms with van der Waals surface area (Å²) in [6.45, 7) is 4.99. The molecule has 1 unspecified atom stereocenters. The number of rotatable bonds is 8. The fourth-order valence-corrected chi connectivity index (χ4v) is 3.13. The van der Waals surface area contributed by atoms with Crippen molar-refractivity contribution in [3.8, 4) is 17.2 Å². The topological polar surface area (TPSA) is 125 Å². The number of carbonyl (C=O) groups excluding carboxylic acids is 1. The first-order valence-corrected chi connectivity index (χ1v) is 10.4. The average Bonchev–Trinajstić information content (AvgIpc) is 3.34. The van der Waals surface area contributed by atoms with Crippen LogP contribution in [0.4, 0.5) is 0 Å². The van der Waals surface area contributed by atoms with E-state index in [-0.39, 0.29) is 24.0 Å². The van der Waals surface area contributed by atoms with Gasteiger partial charge in [-0.3, -0.25) is 10.5 Å². The lowest BCUT2D eigenvalue weighted by Gasteiger charge is -2.33. The highest BCUT2D eigenvalue weighted by atomic mass is 16.6. The van der Waals surface area contributed by atoms with E-state index in [0.717, 1.165) is 17.7 Å². The molecule has 4 rings (SSSR count). The number of ether oxygens (including phenoxy) is 3. The minimum absolute atomic E-state index is 0.0153. The number of para-hydroxylation sites is 1. The van der Waals surface area contributed by atoms with Gasteiger partial charge in [0.25, 0.3) is 5.72 Å². The number of carbonyl (C=O) groups is 1. The molecule has 1 aromatic heterocycles. The van der Waals surface area contributed by atoms with Gasteiger partial charge in [-0.15, -0.1) is 10.2 Å². The quantitative estimate of drug-likeness (QED) is 0.408. The number of hydrogen-bond donors (Lipinski definition) is 2. The number of nitrogens with zero attached hydrogens (tertiary/aromatic N) is 3. The monoisotopic (exact) mass is 435 g/mol. The molecule has 0 aliphatic carbocycles. The van der Waals surface area contributed by atoms with Gasteiger partial charge in [0, 0.05) is 0 Å². The van der Waals surface area contributed by atoms with E-state index in [1.807, 2.05) is 24.3 Å². The van der Waals surface area contributed by atoms with Gasteiger partial charge in [-0.2, -0.15) is 5.21 Å². The number of aromatic nitrogens is 4. The van der Waals surface area contributed by atoms with Crippen molar-refractivity contribution in [1.29, 1.82) is 0 Å². The number of benzene rings is 2. The second-order valence-corrected chi connectivity index (χ2v) is 7.95. The molecule has 1 aliphatic heterocycles. The molecule has 2 aromatic carbocycles. The zero-order valence-electron chi connectivity index (χ0n) is 17.9. The van der Waals surface area contributed by atoms with Crippen LogP contribution in [0, 0.1) is 5.92 Å².